The van der Waals surface area contributed by atoms with E-state index in [0.29, 0.717) is 12.8 Å². The van der Waals surface area contributed by atoms with Gasteiger partial charge in [0.25, 0.3) is 0 Å². The SMILES string of the molecule is Cc1cc(CCO)c(-c2nnc(-c3sc(C)cc3CCO)s2)s1. The molecular weight excluding hydrogens is 348 g/mol. The summed E-state index contributed by atoms with van der Waals surface area (Å²) >= 11 is 4.97. The van der Waals surface area contributed by atoms with Gasteiger partial charge in [-0.05, 0) is 49.9 Å². The predicted octanol–water partition coefficient (Wildman–Crippen LogP) is 3.68. The Morgan fingerprint density at radius 3 is 1.61 bits per heavy atom. The number of nitrogens with zero attached hydrogens (tertiary/aromatic N) is 2. The highest BCUT2D eigenvalue weighted by molar-refractivity contribution is 7.26. The van der Waals surface area contributed by atoms with Crippen molar-refractivity contribution in [2.75, 3.05) is 13.2 Å². The van der Waals surface area contributed by atoms with Gasteiger partial charge in [-0.3, -0.25) is 0 Å². The first-order valence-electron chi connectivity index (χ1n) is 7.37. The minimum Gasteiger partial charge on any atom is -0.396 e. The minimum atomic E-state index is 0.138. The standard InChI is InChI=1S/C16H18N2O2S3/c1-9-7-11(3-5-19)13(21-9)15-17-18-16(23-15)14-12(4-6-20)8-10(2)22-14/h7-8,19-20H,3-6H2,1-2H3. The van der Waals surface area contributed by atoms with Gasteiger partial charge in [0.2, 0.25) is 0 Å². The first kappa shape index (κ1) is 16.7. The lowest BCUT2D eigenvalue weighted by atomic mass is 10.2. The second kappa shape index (κ2) is 7.19. The summed E-state index contributed by atoms with van der Waals surface area (Å²) in [5.41, 5.74) is 2.27. The summed E-state index contributed by atoms with van der Waals surface area (Å²) in [6.07, 6.45) is 1.28. The molecule has 122 valence electrons. The molecule has 7 heteroatoms. The average Bonchev–Trinajstić information content (AvgIpc) is 3.19. The molecule has 23 heavy (non-hydrogen) atoms. The van der Waals surface area contributed by atoms with E-state index in [1.165, 1.54) is 9.75 Å². The summed E-state index contributed by atoms with van der Waals surface area (Å²) in [5, 5.41) is 29.0. The van der Waals surface area contributed by atoms with E-state index in [2.05, 4.69) is 36.2 Å². The molecule has 0 aromatic carbocycles. The zero-order chi connectivity index (χ0) is 16.4. The van der Waals surface area contributed by atoms with Gasteiger partial charge in [0.1, 0.15) is 0 Å². The van der Waals surface area contributed by atoms with E-state index in [1.54, 1.807) is 34.0 Å². The van der Waals surface area contributed by atoms with Crippen LogP contribution in [0.25, 0.3) is 19.8 Å². The van der Waals surface area contributed by atoms with Crippen LogP contribution >= 0.6 is 34.0 Å². The highest BCUT2D eigenvalue weighted by atomic mass is 32.1. The predicted molar refractivity (Wildman–Crippen MR) is 97.6 cm³/mol. The van der Waals surface area contributed by atoms with Crippen LogP contribution in [0.5, 0.6) is 0 Å². The molecule has 0 fully saturated rings. The van der Waals surface area contributed by atoms with E-state index >= 15 is 0 Å². The van der Waals surface area contributed by atoms with E-state index in [-0.39, 0.29) is 13.2 Å². The number of aryl methyl sites for hydroxylation is 2. The van der Waals surface area contributed by atoms with Crippen molar-refractivity contribution in [3.8, 4) is 19.8 Å². The molecule has 4 nitrogen and oxygen atoms in total. The van der Waals surface area contributed by atoms with Gasteiger partial charge >= 0.3 is 0 Å². The van der Waals surface area contributed by atoms with Crippen LogP contribution in [-0.4, -0.2) is 33.6 Å². The fraction of sp³-hybridized carbons (Fsp3) is 0.375. The van der Waals surface area contributed by atoms with Gasteiger partial charge in [-0.1, -0.05) is 11.3 Å². The van der Waals surface area contributed by atoms with Gasteiger partial charge in [0.05, 0.1) is 9.75 Å². The maximum absolute atomic E-state index is 9.23. The van der Waals surface area contributed by atoms with Crippen molar-refractivity contribution in [2.45, 2.75) is 26.7 Å². The maximum atomic E-state index is 9.23. The highest BCUT2D eigenvalue weighted by Crippen LogP contribution is 2.40. The zero-order valence-electron chi connectivity index (χ0n) is 13.0. The van der Waals surface area contributed by atoms with Gasteiger partial charge in [-0.15, -0.1) is 32.9 Å². The number of aliphatic hydroxyl groups is 2. The first-order chi connectivity index (χ1) is 11.1. The number of hydrogen-bond acceptors (Lipinski definition) is 7. The van der Waals surface area contributed by atoms with Crippen LogP contribution in [0.4, 0.5) is 0 Å². The Balaban J connectivity index is 1.98. The van der Waals surface area contributed by atoms with Crippen LogP contribution in [0.2, 0.25) is 0 Å². The molecule has 0 radical (unpaired) electrons. The molecule has 0 aliphatic rings. The molecule has 3 rings (SSSR count). The van der Waals surface area contributed by atoms with Crippen LogP contribution in [0, 0.1) is 13.8 Å². The van der Waals surface area contributed by atoms with Gasteiger partial charge in [0.15, 0.2) is 10.0 Å². The summed E-state index contributed by atoms with van der Waals surface area (Å²) in [6.45, 7) is 4.41. The topological polar surface area (TPSA) is 66.2 Å². The third-order valence-electron chi connectivity index (χ3n) is 3.44. The van der Waals surface area contributed by atoms with Crippen molar-refractivity contribution in [3.63, 3.8) is 0 Å². The number of rotatable bonds is 6. The Bertz CT molecular complexity index is 739. The lowest BCUT2D eigenvalue weighted by Crippen LogP contribution is -1.90. The number of hydrogen-bond donors (Lipinski definition) is 2. The second-order valence-corrected chi connectivity index (χ2v) is 8.77. The summed E-state index contributed by atoms with van der Waals surface area (Å²) < 4.78 is 0. The maximum Gasteiger partial charge on any atom is 0.158 e. The zero-order valence-corrected chi connectivity index (χ0v) is 15.4. The third-order valence-corrected chi connectivity index (χ3v) is 6.86. The smallest absolute Gasteiger partial charge is 0.158 e. The lowest BCUT2D eigenvalue weighted by molar-refractivity contribution is 0.299. The molecule has 0 spiro atoms. The molecule has 3 aromatic rings. The Hall–Kier alpha value is -1.12. The van der Waals surface area contributed by atoms with Crippen molar-refractivity contribution in [1.29, 1.82) is 0 Å². The fourth-order valence-corrected chi connectivity index (χ4v) is 5.70. The average molecular weight is 367 g/mol. The molecule has 0 saturated heterocycles. The normalized spacial score (nSPS) is 11.3. The molecule has 0 bridgehead atoms. The molecule has 3 heterocycles. The van der Waals surface area contributed by atoms with Crippen LogP contribution in [-0.2, 0) is 12.8 Å². The van der Waals surface area contributed by atoms with E-state index in [0.717, 1.165) is 30.9 Å². The molecule has 0 unspecified atom stereocenters. The fourth-order valence-electron chi connectivity index (χ4n) is 2.51. The van der Waals surface area contributed by atoms with E-state index < -0.39 is 0 Å². The van der Waals surface area contributed by atoms with E-state index in [9.17, 15) is 10.2 Å². The van der Waals surface area contributed by atoms with E-state index in [4.69, 9.17) is 0 Å². The molecule has 3 aromatic heterocycles. The Morgan fingerprint density at radius 1 is 0.783 bits per heavy atom. The quantitative estimate of drug-likeness (QED) is 0.698. The summed E-state index contributed by atoms with van der Waals surface area (Å²) in [6, 6.07) is 4.23. The number of thiophene rings is 2. The van der Waals surface area contributed by atoms with Gasteiger partial charge < -0.3 is 10.2 Å². The van der Waals surface area contributed by atoms with Crippen LogP contribution in [0.1, 0.15) is 20.9 Å². The summed E-state index contributed by atoms with van der Waals surface area (Å²) in [4.78, 5) is 4.65. The van der Waals surface area contributed by atoms with E-state index in [1.807, 2.05) is 0 Å². The molecule has 0 atom stereocenters. The van der Waals surface area contributed by atoms with Crippen LogP contribution < -0.4 is 0 Å². The number of aliphatic hydroxyl groups excluding tert-OH is 2. The monoisotopic (exact) mass is 366 g/mol. The van der Waals surface area contributed by atoms with Gasteiger partial charge in [-0.25, -0.2) is 0 Å². The summed E-state index contributed by atoms with van der Waals surface area (Å²) in [7, 11) is 0. The molecule has 2 N–H and O–H groups in total. The van der Waals surface area contributed by atoms with Crippen molar-refractivity contribution in [1.82, 2.24) is 10.2 Å². The molecule has 0 amide bonds. The summed E-state index contributed by atoms with van der Waals surface area (Å²) in [5.74, 6) is 0. The molecule has 0 aliphatic heterocycles. The largest absolute Gasteiger partial charge is 0.396 e. The molecular formula is C16H18N2O2S3. The Labute approximate surface area is 147 Å². The number of aromatic nitrogens is 2. The van der Waals surface area contributed by atoms with Crippen molar-refractivity contribution in [3.05, 3.63) is 33.0 Å². The highest BCUT2D eigenvalue weighted by Gasteiger charge is 2.18. The molecule has 0 aliphatic carbocycles. The van der Waals surface area contributed by atoms with Gasteiger partial charge in [-0.2, -0.15) is 0 Å². The van der Waals surface area contributed by atoms with Crippen molar-refractivity contribution in [2.24, 2.45) is 0 Å². The van der Waals surface area contributed by atoms with Crippen molar-refractivity contribution < 1.29 is 10.2 Å². The first-order valence-corrected chi connectivity index (χ1v) is 9.82. The third kappa shape index (κ3) is 3.54. The van der Waals surface area contributed by atoms with Crippen molar-refractivity contribution >= 4 is 34.0 Å². The van der Waals surface area contributed by atoms with Crippen LogP contribution in [0.3, 0.4) is 0 Å². The van der Waals surface area contributed by atoms with Crippen LogP contribution in [0.15, 0.2) is 12.1 Å². The van der Waals surface area contributed by atoms with Gasteiger partial charge in [0, 0.05) is 23.0 Å². The molecule has 0 saturated carbocycles. The second-order valence-electron chi connectivity index (χ2n) is 5.28. The Kier molecular flexibility index (Phi) is 5.23. The lowest BCUT2D eigenvalue weighted by Gasteiger charge is -1.97. The minimum absolute atomic E-state index is 0.138. The Morgan fingerprint density at radius 2 is 1.22 bits per heavy atom.